The van der Waals surface area contributed by atoms with Gasteiger partial charge in [-0.1, -0.05) is 30.3 Å². The van der Waals surface area contributed by atoms with Crippen LogP contribution in [0.3, 0.4) is 0 Å². The van der Waals surface area contributed by atoms with Crippen LogP contribution in [0, 0.1) is 0 Å². The zero-order chi connectivity index (χ0) is 22.0. The minimum absolute atomic E-state index is 0.117. The number of thiazole rings is 1. The summed E-state index contributed by atoms with van der Waals surface area (Å²) < 4.78 is 5.31. The van der Waals surface area contributed by atoms with Gasteiger partial charge in [0.05, 0.1) is 22.2 Å². The Hall–Kier alpha value is -3.17. The van der Waals surface area contributed by atoms with E-state index in [4.69, 9.17) is 4.74 Å². The summed E-state index contributed by atoms with van der Waals surface area (Å²) in [7, 11) is 0. The van der Waals surface area contributed by atoms with Crippen LogP contribution in [0.5, 0.6) is 0 Å². The number of nitrogens with zero attached hydrogens (tertiary/aromatic N) is 1. The van der Waals surface area contributed by atoms with Crippen molar-refractivity contribution in [1.82, 2.24) is 4.98 Å². The second-order valence-electron chi connectivity index (χ2n) is 6.90. The number of nitrogens with one attached hydrogen (secondary N) is 2. The summed E-state index contributed by atoms with van der Waals surface area (Å²) in [6, 6.07) is 14.6. The van der Waals surface area contributed by atoms with Gasteiger partial charge in [-0.25, -0.2) is 9.78 Å². The molecule has 2 N–H and O–H groups in total. The topological polar surface area (TPSA) is 97.4 Å². The Morgan fingerprint density at radius 2 is 1.97 bits per heavy atom. The number of thioether (sulfide) groups is 1. The number of rotatable bonds is 5. The Balaban J connectivity index is 1.38. The molecule has 0 saturated heterocycles. The van der Waals surface area contributed by atoms with Crippen molar-refractivity contribution in [3.8, 4) is 11.3 Å². The molecule has 9 heteroatoms. The Labute approximate surface area is 187 Å². The lowest BCUT2D eigenvalue weighted by molar-refractivity contribution is -0.123. The molecule has 2 heterocycles. The van der Waals surface area contributed by atoms with E-state index in [1.54, 1.807) is 18.2 Å². The number of carbonyl (C=O) groups is 3. The second-order valence-corrected chi connectivity index (χ2v) is 9.14. The minimum Gasteiger partial charge on any atom is -0.449 e. The van der Waals surface area contributed by atoms with E-state index in [1.807, 2.05) is 42.6 Å². The van der Waals surface area contributed by atoms with Gasteiger partial charge in [0.2, 0.25) is 5.91 Å². The van der Waals surface area contributed by atoms with Crippen LogP contribution >= 0.6 is 23.1 Å². The molecule has 0 fully saturated rings. The molecule has 1 aromatic heterocycles. The molecule has 31 heavy (non-hydrogen) atoms. The highest BCUT2D eigenvalue weighted by Crippen LogP contribution is 2.36. The standard InChI is InChI=1S/C22H19N3O4S2/c1-12(19(26)25-22-24-17(11-30-22)14-6-4-3-5-7-14)29-21(28)15-8-9-18-16(10-15)23-20(27)13(2)31-18/h3-13H,1-2H3,(H,23,27)(H,24,25,26). The summed E-state index contributed by atoms with van der Waals surface area (Å²) in [6.45, 7) is 3.31. The summed E-state index contributed by atoms with van der Waals surface area (Å²) >= 11 is 2.72. The van der Waals surface area contributed by atoms with E-state index in [-0.39, 0.29) is 16.7 Å². The van der Waals surface area contributed by atoms with Gasteiger partial charge in [-0.05, 0) is 32.0 Å². The van der Waals surface area contributed by atoms with Crippen molar-refractivity contribution in [2.75, 3.05) is 10.6 Å². The molecule has 7 nitrogen and oxygen atoms in total. The van der Waals surface area contributed by atoms with E-state index in [0.717, 1.165) is 16.2 Å². The lowest BCUT2D eigenvalue weighted by Gasteiger charge is -2.21. The molecule has 0 radical (unpaired) electrons. The zero-order valence-corrected chi connectivity index (χ0v) is 18.4. The molecular formula is C22H19N3O4S2. The quantitative estimate of drug-likeness (QED) is 0.555. The number of carbonyl (C=O) groups excluding carboxylic acids is 3. The molecule has 2 amide bonds. The van der Waals surface area contributed by atoms with Crippen LogP contribution in [0.15, 0.2) is 58.8 Å². The van der Waals surface area contributed by atoms with Crippen molar-refractivity contribution < 1.29 is 19.1 Å². The monoisotopic (exact) mass is 453 g/mol. The van der Waals surface area contributed by atoms with Crippen molar-refractivity contribution >= 4 is 51.7 Å². The molecule has 2 unspecified atom stereocenters. The third-order valence-corrected chi connectivity index (χ3v) is 6.54. The van der Waals surface area contributed by atoms with Crippen molar-refractivity contribution in [2.45, 2.75) is 30.1 Å². The van der Waals surface area contributed by atoms with Crippen LogP contribution in [-0.4, -0.2) is 34.1 Å². The number of hydrogen-bond acceptors (Lipinski definition) is 7. The van der Waals surface area contributed by atoms with E-state index in [1.165, 1.54) is 30.0 Å². The Kier molecular flexibility index (Phi) is 6.06. The molecule has 1 aliphatic heterocycles. The van der Waals surface area contributed by atoms with Gasteiger partial charge in [0.1, 0.15) is 0 Å². The number of esters is 1. The lowest BCUT2D eigenvalue weighted by Crippen LogP contribution is -2.30. The predicted molar refractivity (Wildman–Crippen MR) is 121 cm³/mol. The van der Waals surface area contributed by atoms with E-state index >= 15 is 0 Å². The molecule has 2 atom stereocenters. The first-order valence-corrected chi connectivity index (χ1v) is 11.3. The van der Waals surface area contributed by atoms with Gasteiger partial charge in [-0.2, -0.15) is 0 Å². The maximum atomic E-state index is 12.5. The summed E-state index contributed by atoms with van der Waals surface area (Å²) in [5.74, 6) is -1.24. The van der Waals surface area contributed by atoms with Gasteiger partial charge in [0.25, 0.3) is 5.91 Å². The number of fused-ring (bicyclic) bond motifs is 1. The first-order valence-electron chi connectivity index (χ1n) is 9.55. The van der Waals surface area contributed by atoms with Gasteiger partial charge in [0.15, 0.2) is 11.2 Å². The molecule has 2 aromatic carbocycles. The fourth-order valence-corrected chi connectivity index (χ4v) is 4.55. The van der Waals surface area contributed by atoms with Crippen LogP contribution in [0.25, 0.3) is 11.3 Å². The van der Waals surface area contributed by atoms with Crippen LogP contribution in [0.4, 0.5) is 10.8 Å². The molecule has 0 aliphatic carbocycles. The van der Waals surface area contributed by atoms with Crippen molar-refractivity contribution in [2.24, 2.45) is 0 Å². The normalized spacial score (nSPS) is 16.1. The molecule has 0 bridgehead atoms. The highest BCUT2D eigenvalue weighted by atomic mass is 32.2. The average molecular weight is 454 g/mol. The number of aromatic nitrogens is 1. The number of benzene rings is 2. The average Bonchev–Trinajstić information content (AvgIpc) is 3.23. The molecule has 0 saturated carbocycles. The summed E-state index contributed by atoms with van der Waals surface area (Å²) in [5.41, 5.74) is 2.53. The fourth-order valence-electron chi connectivity index (χ4n) is 2.90. The molecule has 3 aromatic rings. The molecule has 1 aliphatic rings. The Morgan fingerprint density at radius 3 is 2.74 bits per heavy atom. The summed E-state index contributed by atoms with van der Waals surface area (Å²) in [6.07, 6.45) is -1.02. The van der Waals surface area contributed by atoms with E-state index in [0.29, 0.717) is 10.8 Å². The van der Waals surface area contributed by atoms with E-state index in [2.05, 4.69) is 15.6 Å². The maximum absolute atomic E-state index is 12.5. The third-order valence-electron chi connectivity index (χ3n) is 4.60. The van der Waals surface area contributed by atoms with Crippen LogP contribution in [0.1, 0.15) is 24.2 Å². The third kappa shape index (κ3) is 4.78. The molecule has 158 valence electrons. The maximum Gasteiger partial charge on any atom is 0.338 e. The second kappa shape index (κ2) is 8.91. The first-order chi connectivity index (χ1) is 14.9. The SMILES string of the molecule is CC(OC(=O)c1ccc2c(c1)NC(=O)C(C)S2)C(=O)Nc1nc(-c2ccccc2)cs1. The predicted octanol–water partition coefficient (Wildman–Crippen LogP) is 4.43. The lowest BCUT2D eigenvalue weighted by atomic mass is 10.2. The first kappa shape index (κ1) is 21.1. The smallest absolute Gasteiger partial charge is 0.338 e. The number of hydrogen-bond donors (Lipinski definition) is 2. The van der Waals surface area contributed by atoms with Crippen LogP contribution < -0.4 is 10.6 Å². The van der Waals surface area contributed by atoms with E-state index in [9.17, 15) is 14.4 Å². The van der Waals surface area contributed by atoms with Gasteiger partial charge in [0, 0.05) is 15.8 Å². The minimum atomic E-state index is -1.02. The van der Waals surface area contributed by atoms with Gasteiger partial charge in [-0.15, -0.1) is 23.1 Å². The largest absolute Gasteiger partial charge is 0.449 e. The van der Waals surface area contributed by atoms with Crippen LogP contribution in [0.2, 0.25) is 0 Å². The van der Waals surface area contributed by atoms with E-state index < -0.39 is 18.0 Å². The molecule has 4 rings (SSSR count). The number of anilines is 2. The summed E-state index contributed by atoms with van der Waals surface area (Å²) in [4.78, 5) is 42.1. The van der Waals surface area contributed by atoms with Gasteiger partial charge < -0.3 is 10.1 Å². The fraction of sp³-hybridized carbons (Fsp3) is 0.182. The van der Waals surface area contributed by atoms with Gasteiger partial charge in [-0.3, -0.25) is 14.9 Å². The van der Waals surface area contributed by atoms with Crippen molar-refractivity contribution in [3.63, 3.8) is 0 Å². The zero-order valence-electron chi connectivity index (χ0n) is 16.7. The van der Waals surface area contributed by atoms with Crippen molar-refractivity contribution in [3.05, 3.63) is 59.5 Å². The Bertz CT molecular complexity index is 1150. The highest BCUT2D eigenvalue weighted by molar-refractivity contribution is 8.00. The molecule has 0 spiro atoms. The highest BCUT2D eigenvalue weighted by Gasteiger charge is 2.25. The van der Waals surface area contributed by atoms with Gasteiger partial charge >= 0.3 is 5.97 Å². The van der Waals surface area contributed by atoms with Crippen molar-refractivity contribution in [1.29, 1.82) is 0 Å². The Morgan fingerprint density at radius 1 is 1.19 bits per heavy atom. The number of amides is 2. The number of ether oxygens (including phenoxy) is 1. The summed E-state index contributed by atoms with van der Waals surface area (Å²) in [5, 5.41) is 7.54. The van der Waals surface area contributed by atoms with Crippen LogP contribution in [-0.2, 0) is 14.3 Å². The molecular weight excluding hydrogens is 434 g/mol.